The lowest BCUT2D eigenvalue weighted by molar-refractivity contribution is -0.124. The first kappa shape index (κ1) is 19.9. The maximum Gasteiger partial charge on any atom is 0.228 e. The van der Waals surface area contributed by atoms with Crippen LogP contribution in [0.15, 0.2) is 43.0 Å². The third-order valence-electron chi connectivity index (χ3n) is 5.75. The number of carbonyl (C=O) groups is 2. The van der Waals surface area contributed by atoms with E-state index in [1.807, 2.05) is 44.2 Å². The van der Waals surface area contributed by atoms with E-state index in [9.17, 15) is 9.59 Å². The molecule has 10 heteroatoms. The Bertz CT molecular complexity index is 1310. The van der Waals surface area contributed by atoms with Crippen LogP contribution in [0.1, 0.15) is 48.5 Å². The van der Waals surface area contributed by atoms with Gasteiger partial charge in [0.25, 0.3) is 0 Å². The fourth-order valence-corrected chi connectivity index (χ4v) is 4.27. The Kier molecular flexibility index (Phi) is 4.89. The van der Waals surface area contributed by atoms with E-state index >= 15 is 0 Å². The summed E-state index contributed by atoms with van der Waals surface area (Å²) in [4.78, 5) is 41.4. The van der Waals surface area contributed by atoms with Crippen LogP contribution in [0, 0.1) is 6.92 Å². The van der Waals surface area contributed by atoms with Crippen molar-refractivity contribution >= 4 is 28.8 Å². The number of fused-ring (bicyclic) bond motifs is 2. The number of amides is 2. The average Bonchev–Trinajstić information content (AvgIpc) is 3.39. The summed E-state index contributed by atoms with van der Waals surface area (Å²) < 4.78 is 1.57. The lowest BCUT2D eigenvalue weighted by atomic mass is 9.93. The Morgan fingerprint density at radius 2 is 2.06 bits per heavy atom. The van der Waals surface area contributed by atoms with E-state index in [0.29, 0.717) is 34.9 Å². The third kappa shape index (κ3) is 3.29. The number of aromatic amines is 1. The largest absolute Gasteiger partial charge is 0.348 e. The van der Waals surface area contributed by atoms with Gasteiger partial charge in [-0.2, -0.15) is 9.78 Å². The van der Waals surface area contributed by atoms with Gasteiger partial charge in [0.05, 0.1) is 30.4 Å². The topological polar surface area (TPSA) is 130 Å². The van der Waals surface area contributed by atoms with Crippen LogP contribution in [0.3, 0.4) is 0 Å². The molecule has 1 aliphatic rings. The van der Waals surface area contributed by atoms with Crippen molar-refractivity contribution in [1.29, 1.82) is 0 Å². The highest BCUT2D eigenvalue weighted by Crippen LogP contribution is 2.36. The van der Waals surface area contributed by atoms with Crippen molar-refractivity contribution in [3.05, 3.63) is 59.8 Å². The fraction of sp³-hybridized carbons (Fsp3) is 0.273. The quantitative estimate of drug-likeness (QED) is 0.446. The van der Waals surface area contributed by atoms with Gasteiger partial charge in [0.2, 0.25) is 11.8 Å². The number of benzene rings is 1. The van der Waals surface area contributed by atoms with Crippen LogP contribution in [0.2, 0.25) is 0 Å². The molecule has 0 aliphatic carbocycles. The second kappa shape index (κ2) is 7.88. The van der Waals surface area contributed by atoms with Crippen molar-refractivity contribution in [2.24, 2.45) is 0 Å². The summed E-state index contributed by atoms with van der Waals surface area (Å²) in [6.45, 7) is 3.83. The predicted molar refractivity (Wildman–Crippen MR) is 117 cm³/mol. The number of carbonyl (C=O) groups excluding carboxylic acids is 2. The lowest BCUT2D eigenvalue weighted by Gasteiger charge is -2.26. The smallest absolute Gasteiger partial charge is 0.228 e. The second-order valence-corrected chi connectivity index (χ2v) is 7.74. The van der Waals surface area contributed by atoms with E-state index in [1.54, 1.807) is 4.68 Å². The highest BCUT2D eigenvalue weighted by atomic mass is 16.2. The summed E-state index contributed by atoms with van der Waals surface area (Å²) in [6.07, 6.45) is 3.72. The molecule has 4 heterocycles. The van der Waals surface area contributed by atoms with Gasteiger partial charge in [-0.25, -0.2) is 15.0 Å². The van der Waals surface area contributed by atoms with Gasteiger partial charge < -0.3 is 15.6 Å². The molecular formula is C22H22N8O2. The number of hydrogen-bond acceptors (Lipinski definition) is 6. The van der Waals surface area contributed by atoms with Gasteiger partial charge >= 0.3 is 0 Å². The van der Waals surface area contributed by atoms with E-state index in [0.717, 1.165) is 11.1 Å². The Morgan fingerprint density at radius 1 is 1.25 bits per heavy atom. The SMILES string of the molecule is CCC(C(=O)NC1CC(=O)Nc2c1c(C)nn2-c1ncnc2nc[nH]c12)c1ccccc1. The number of aryl methyl sites for hydroxylation is 1. The zero-order valence-electron chi connectivity index (χ0n) is 17.7. The monoisotopic (exact) mass is 430 g/mol. The molecule has 0 fully saturated rings. The van der Waals surface area contributed by atoms with E-state index in [4.69, 9.17) is 0 Å². The zero-order valence-corrected chi connectivity index (χ0v) is 17.7. The Hall–Kier alpha value is -4.08. The van der Waals surface area contributed by atoms with Gasteiger partial charge in [0.15, 0.2) is 11.5 Å². The molecule has 5 rings (SSSR count). The summed E-state index contributed by atoms with van der Waals surface area (Å²) in [5, 5.41) is 10.6. The summed E-state index contributed by atoms with van der Waals surface area (Å²) >= 11 is 0. The minimum Gasteiger partial charge on any atom is -0.348 e. The molecule has 1 aromatic carbocycles. The Labute approximate surface area is 183 Å². The number of nitrogens with zero attached hydrogens (tertiary/aromatic N) is 5. The van der Waals surface area contributed by atoms with Gasteiger partial charge in [0, 0.05) is 5.56 Å². The number of anilines is 1. The molecule has 2 unspecified atom stereocenters. The zero-order chi connectivity index (χ0) is 22.2. The van der Waals surface area contributed by atoms with Crippen LogP contribution in [-0.4, -0.2) is 41.5 Å². The maximum atomic E-state index is 13.2. The summed E-state index contributed by atoms with van der Waals surface area (Å²) in [5.41, 5.74) is 3.52. The highest BCUT2D eigenvalue weighted by Gasteiger charge is 2.34. The molecule has 0 radical (unpaired) electrons. The first-order valence-electron chi connectivity index (χ1n) is 10.5. The van der Waals surface area contributed by atoms with Gasteiger partial charge in [-0.3, -0.25) is 9.59 Å². The van der Waals surface area contributed by atoms with Crippen LogP contribution >= 0.6 is 0 Å². The minimum absolute atomic E-state index is 0.116. The molecular weight excluding hydrogens is 408 g/mol. The number of H-pyrrole nitrogens is 1. The predicted octanol–water partition coefficient (Wildman–Crippen LogP) is 2.54. The van der Waals surface area contributed by atoms with E-state index in [1.165, 1.54) is 12.7 Å². The Morgan fingerprint density at radius 3 is 2.84 bits per heavy atom. The fourth-order valence-electron chi connectivity index (χ4n) is 4.27. The first-order valence-corrected chi connectivity index (χ1v) is 10.5. The van der Waals surface area contributed by atoms with Crippen molar-refractivity contribution in [3.63, 3.8) is 0 Å². The molecule has 1 aliphatic heterocycles. The van der Waals surface area contributed by atoms with Gasteiger partial charge in [-0.15, -0.1) is 0 Å². The molecule has 3 N–H and O–H groups in total. The Balaban J connectivity index is 1.52. The molecule has 0 saturated heterocycles. The maximum absolute atomic E-state index is 13.2. The number of rotatable bonds is 5. The minimum atomic E-state index is -0.489. The summed E-state index contributed by atoms with van der Waals surface area (Å²) in [5.74, 6) is 0.346. The van der Waals surface area contributed by atoms with Gasteiger partial charge in [-0.1, -0.05) is 37.3 Å². The van der Waals surface area contributed by atoms with Crippen molar-refractivity contribution in [1.82, 2.24) is 35.0 Å². The molecule has 0 spiro atoms. The highest BCUT2D eigenvalue weighted by molar-refractivity contribution is 5.96. The van der Waals surface area contributed by atoms with Crippen LogP contribution in [0.25, 0.3) is 17.0 Å². The summed E-state index contributed by atoms with van der Waals surface area (Å²) in [6, 6.07) is 9.17. The number of aromatic nitrogens is 6. The van der Waals surface area contributed by atoms with Crippen LogP contribution in [-0.2, 0) is 9.59 Å². The molecule has 2 amide bonds. The first-order chi connectivity index (χ1) is 15.6. The van der Waals surface area contributed by atoms with Crippen molar-refractivity contribution in [2.45, 2.75) is 38.6 Å². The molecule has 0 bridgehead atoms. The van der Waals surface area contributed by atoms with E-state index in [2.05, 4.69) is 35.7 Å². The molecule has 4 aromatic rings. The van der Waals surface area contributed by atoms with Crippen molar-refractivity contribution in [2.75, 3.05) is 5.32 Å². The number of hydrogen-bond donors (Lipinski definition) is 3. The number of nitrogens with one attached hydrogen (secondary N) is 3. The molecule has 0 saturated carbocycles. The van der Waals surface area contributed by atoms with Crippen molar-refractivity contribution < 1.29 is 9.59 Å². The number of imidazole rings is 1. The second-order valence-electron chi connectivity index (χ2n) is 7.74. The molecule has 10 nitrogen and oxygen atoms in total. The van der Waals surface area contributed by atoms with Crippen LogP contribution in [0.4, 0.5) is 5.82 Å². The van der Waals surface area contributed by atoms with E-state index < -0.39 is 6.04 Å². The van der Waals surface area contributed by atoms with Gasteiger partial charge in [0.1, 0.15) is 17.7 Å². The normalized spacial score (nSPS) is 16.4. The van der Waals surface area contributed by atoms with E-state index in [-0.39, 0.29) is 24.2 Å². The summed E-state index contributed by atoms with van der Waals surface area (Å²) in [7, 11) is 0. The average molecular weight is 430 g/mol. The van der Waals surface area contributed by atoms with Crippen molar-refractivity contribution in [3.8, 4) is 5.82 Å². The standard InChI is InChI=1S/C22H22N8O2/c1-3-14(13-7-5-4-6-8-13)22(32)27-15-9-16(31)28-20-17(15)12(2)29-30(20)21-18-19(24-10-23-18)25-11-26-21/h4-8,10-11,14-15H,3,9H2,1-2H3,(H,27,32)(H,28,31)(H,23,24,25,26). The lowest BCUT2D eigenvalue weighted by Crippen LogP contribution is -2.38. The molecule has 32 heavy (non-hydrogen) atoms. The molecule has 3 aromatic heterocycles. The molecule has 162 valence electrons. The van der Waals surface area contributed by atoms with Gasteiger partial charge in [-0.05, 0) is 18.9 Å². The third-order valence-corrected chi connectivity index (χ3v) is 5.75. The molecule has 2 atom stereocenters. The van der Waals surface area contributed by atoms with Crippen LogP contribution < -0.4 is 10.6 Å². The van der Waals surface area contributed by atoms with Crippen LogP contribution in [0.5, 0.6) is 0 Å².